The number of rotatable bonds is 8. The summed E-state index contributed by atoms with van der Waals surface area (Å²) >= 11 is 1.32. The van der Waals surface area contributed by atoms with Gasteiger partial charge < -0.3 is 9.88 Å². The first-order chi connectivity index (χ1) is 14.6. The van der Waals surface area contributed by atoms with Gasteiger partial charge in [0.05, 0.1) is 10.7 Å². The van der Waals surface area contributed by atoms with Gasteiger partial charge in [-0.1, -0.05) is 48.2 Å². The lowest BCUT2D eigenvalue weighted by Gasteiger charge is -2.08. The molecule has 3 aromatic rings. The molecule has 1 fully saturated rings. The number of nitrogens with one attached hydrogen (secondary N) is 1. The normalized spacial score (nSPS) is 17.5. The van der Waals surface area contributed by atoms with Crippen LogP contribution in [0.3, 0.4) is 0 Å². The van der Waals surface area contributed by atoms with Gasteiger partial charge in [0.15, 0.2) is 5.16 Å². The summed E-state index contributed by atoms with van der Waals surface area (Å²) in [5.74, 6) is 1.69. The van der Waals surface area contributed by atoms with Crippen molar-refractivity contribution in [1.82, 2.24) is 14.8 Å². The molecule has 1 aromatic heterocycles. The number of thioether (sulfide) groups is 1. The Morgan fingerprint density at radius 2 is 2.00 bits per heavy atom. The van der Waals surface area contributed by atoms with Crippen LogP contribution in [0, 0.1) is 10.1 Å². The van der Waals surface area contributed by atoms with E-state index in [0.717, 1.165) is 18.8 Å². The molecule has 0 spiro atoms. The second-order valence-corrected chi connectivity index (χ2v) is 8.03. The van der Waals surface area contributed by atoms with E-state index in [1.165, 1.54) is 29.5 Å². The van der Waals surface area contributed by atoms with E-state index in [4.69, 9.17) is 0 Å². The predicted molar refractivity (Wildman–Crippen MR) is 115 cm³/mol. The minimum Gasteiger partial charge on any atom is -0.325 e. The smallest absolute Gasteiger partial charge is 0.271 e. The number of nitrogens with zero attached hydrogens (tertiary/aromatic N) is 4. The van der Waals surface area contributed by atoms with Gasteiger partial charge >= 0.3 is 0 Å². The Hall–Kier alpha value is -3.20. The average Bonchev–Trinajstić information content (AvgIpc) is 3.45. The van der Waals surface area contributed by atoms with Crippen molar-refractivity contribution in [2.45, 2.75) is 36.9 Å². The lowest BCUT2D eigenvalue weighted by atomic mass is 10.1. The van der Waals surface area contributed by atoms with Gasteiger partial charge in [0.1, 0.15) is 5.82 Å². The molecule has 0 radical (unpaired) electrons. The number of hydrogen-bond donors (Lipinski definition) is 1. The first-order valence-electron chi connectivity index (χ1n) is 9.72. The summed E-state index contributed by atoms with van der Waals surface area (Å²) < 4.78 is 2.07. The summed E-state index contributed by atoms with van der Waals surface area (Å²) in [6.07, 6.45) is 1.06. The molecule has 1 aliphatic carbocycles. The molecule has 1 amide bonds. The standard InChI is InChI=1S/C21H21N5O3S/c1-2-25-20(18-12-17(18)14-7-4-3-5-8-14)23-24-21(25)30-13-19(27)22-15-9-6-10-16(11-15)26(28)29/h3-11,17-18H,2,12-13H2,1H3,(H,22,27). The SMILES string of the molecule is CCn1c(SCC(=O)Nc2cccc([N+](=O)[O-])c2)nnc1C1CC1c1ccccc1. The van der Waals surface area contributed by atoms with E-state index in [2.05, 4.69) is 44.3 Å². The highest BCUT2D eigenvalue weighted by atomic mass is 32.2. The van der Waals surface area contributed by atoms with Crippen molar-refractivity contribution in [3.63, 3.8) is 0 Å². The van der Waals surface area contributed by atoms with Crippen molar-refractivity contribution in [2.24, 2.45) is 0 Å². The monoisotopic (exact) mass is 423 g/mol. The first-order valence-corrected chi connectivity index (χ1v) is 10.7. The Morgan fingerprint density at radius 3 is 2.73 bits per heavy atom. The van der Waals surface area contributed by atoms with E-state index in [9.17, 15) is 14.9 Å². The second-order valence-electron chi connectivity index (χ2n) is 7.09. The molecular formula is C21H21N5O3S. The van der Waals surface area contributed by atoms with Crippen LogP contribution in [-0.4, -0.2) is 31.3 Å². The quantitative estimate of drug-likeness (QED) is 0.331. The van der Waals surface area contributed by atoms with Crippen LogP contribution < -0.4 is 5.32 Å². The Kier molecular flexibility index (Phi) is 5.80. The highest BCUT2D eigenvalue weighted by molar-refractivity contribution is 7.99. The van der Waals surface area contributed by atoms with E-state index >= 15 is 0 Å². The van der Waals surface area contributed by atoms with E-state index < -0.39 is 4.92 Å². The Balaban J connectivity index is 1.38. The zero-order valence-electron chi connectivity index (χ0n) is 16.4. The van der Waals surface area contributed by atoms with Crippen molar-refractivity contribution >= 4 is 29.0 Å². The van der Waals surface area contributed by atoms with Gasteiger partial charge in [-0.3, -0.25) is 14.9 Å². The molecule has 9 heteroatoms. The largest absolute Gasteiger partial charge is 0.325 e. The molecular weight excluding hydrogens is 402 g/mol. The molecule has 154 valence electrons. The van der Waals surface area contributed by atoms with Crippen LogP contribution in [0.15, 0.2) is 59.8 Å². The third kappa shape index (κ3) is 4.35. The molecule has 2 unspecified atom stereocenters. The van der Waals surface area contributed by atoms with E-state index in [0.29, 0.717) is 22.7 Å². The summed E-state index contributed by atoms with van der Waals surface area (Å²) in [5, 5.41) is 23.0. The molecule has 2 aromatic carbocycles. The third-order valence-corrected chi connectivity index (χ3v) is 6.05. The lowest BCUT2D eigenvalue weighted by Crippen LogP contribution is -2.14. The van der Waals surface area contributed by atoms with Crippen LogP contribution in [0.2, 0.25) is 0 Å². The second kappa shape index (κ2) is 8.66. The molecule has 0 aliphatic heterocycles. The molecule has 8 nitrogen and oxygen atoms in total. The topological polar surface area (TPSA) is 103 Å². The van der Waals surface area contributed by atoms with Gasteiger partial charge in [0.2, 0.25) is 5.91 Å². The van der Waals surface area contributed by atoms with Crippen LogP contribution in [0.4, 0.5) is 11.4 Å². The molecule has 1 N–H and O–H groups in total. The maximum atomic E-state index is 12.3. The Morgan fingerprint density at radius 1 is 1.20 bits per heavy atom. The van der Waals surface area contributed by atoms with E-state index in [1.54, 1.807) is 12.1 Å². The number of non-ortho nitro benzene ring substituents is 1. The highest BCUT2D eigenvalue weighted by Crippen LogP contribution is 2.54. The number of amides is 1. The molecule has 4 rings (SSSR count). The summed E-state index contributed by atoms with van der Waals surface area (Å²) in [6.45, 7) is 2.77. The van der Waals surface area contributed by atoms with Crippen molar-refractivity contribution in [3.05, 3.63) is 76.1 Å². The van der Waals surface area contributed by atoms with Crippen molar-refractivity contribution in [3.8, 4) is 0 Å². The molecule has 2 atom stereocenters. The fraction of sp³-hybridized carbons (Fsp3) is 0.286. The number of nitro groups is 1. The number of aromatic nitrogens is 3. The minimum absolute atomic E-state index is 0.0618. The number of carbonyl (C=O) groups is 1. The van der Waals surface area contributed by atoms with Gasteiger partial charge in [-0.05, 0) is 30.9 Å². The summed E-state index contributed by atoms with van der Waals surface area (Å²) in [4.78, 5) is 22.7. The molecule has 1 saturated carbocycles. The summed E-state index contributed by atoms with van der Waals surface area (Å²) in [5.41, 5.74) is 1.66. The van der Waals surface area contributed by atoms with Crippen LogP contribution in [-0.2, 0) is 11.3 Å². The Labute approximate surface area is 177 Å². The average molecular weight is 423 g/mol. The zero-order chi connectivity index (χ0) is 21.1. The van der Waals surface area contributed by atoms with Gasteiger partial charge in [-0.25, -0.2) is 0 Å². The van der Waals surface area contributed by atoms with Gasteiger partial charge in [-0.15, -0.1) is 10.2 Å². The zero-order valence-corrected chi connectivity index (χ0v) is 17.2. The molecule has 1 heterocycles. The van der Waals surface area contributed by atoms with Gasteiger partial charge in [-0.2, -0.15) is 0 Å². The number of carbonyl (C=O) groups excluding carboxylic acids is 1. The number of benzene rings is 2. The fourth-order valence-electron chi connectivity index (χ4n) is 3.55. The van der Waals surface area contributed by atoms with Crippen molar-refractivity contribution in [2.75, 3.05) is 11.1 Å². The lowest BCUT2D eigenvalue weighted by molar-refractivity contribution is -0.384. The van der Waals surface area contributed by atoms with Crippen LogP contribution in [0.25, 0.3) is 0 Å². The Bertz CT molecular complexity index is 1070. The maximum absolute atomic E-state index is 12.3. The number of anilines is 1. The first kappa shape index (κ1) is 20.1. The summed E-state index contributed by atoms with van der Waals surface area (Å²) in [7, 11) is 0. The van der Waals surface area contributed by atoms with E-state index in [-0.39, 0.29) is 17.3 Å². The minimum atomic E-state index is -0.490. The predicted octanol–water partition coefficient (Wildman–Crippen LogP) is 4.21. The van der Waals surface area contributed by atoms with Crippen LogP contribution in [0.5, 0.6) is 0 Å². The molecule has 1 aliphatic rings. The number of hydrogen-bond acceptors (Lipinski definition) is 6. The van der Waals surface area contributed by atoms with Crippen molar-refractivity contribution < 1.29 is 9.72 Å². The van der Waals surface area contributed by atoms with E-state index in [1.807, 2.05) is 13.0 Å². The fourth-order valence-corrected chi connectivity index (χ4v) is 4.36. The number of nitro benzene ring substituents is 1. The van der Waals surface area contributed by atoms with Crippen LogP contribution >= 0.6 is 11.8 Å². The third-order valence-electron chi connectivity index (χ3n) is 5.08. The maximum Gasteiger partial charge on any atom is 0.271 e. The molecule has 30 heavy (non-hydrogen) atoms. The van der Waals surface area contributed by atoms with Crippen molar-refractivity contribution in [1.29, 1.82) is 0 Å². The molecule has 0 bridgehead atoms. The van der Waals surface area contributed by atoms with Gasteiger partial charge in [0, 0.05) is 30.3 Å². The van der Waals surface area contributed by atoms with Crippen LogP contribution in [0.1, 0.15) is 36.6 Å². The summed E-state index contributed by atoms with van der Waals surface area (Å²) in [6, 6.07) is 16.3. The van der Waals surface area contributed by atoms with Gasteiger partial charge in [0.25, 0.3) is 5.69 Å². The highest BCUT2D eigenvalue weighted by Gasteiger charge is 2.43. The molecule has 0 saturated heterocycles.